The van der Waals surface area contributed by atoms with Crippen molar-refractivity contribution in [3.05, 3.63) is 11.6 Å². The number of carbonyl (C=O) groups excluding carboxylic acids is 4. The molecule has 3 saturated heterocycles. The number of aliphatic carboxylic acids is 1. The number of carbonyl (C=O) groups is 5. The molecule has 4 aliphatic rings. The third-order valence-corrected chi connectivity index (χ3v) is 10.4. The minimum Gasteiger partial charge on any atom is -0.480 e. The van der Waals surface area contributed by atoms with Crippen LogP contribution in [0.3, 0.4) is 0 Å². The number of nitrogens with one attached hydrogen (secondary N) is 2. The van der Waals surface area contributed by atoms with Gasteiger partial charge in [0.25, 0.3) is 0 Å². The molecule has 1 saturated carbocycles. The number of allylic oxidation sites excluding steroid dienone is 1. The number of rotatable bonds is 14. The van der Waals surface area contributed by atoms with Crippen LogP contribution in [-0.4, -0.2) is 126 Å². The molecule has 14 heteroatoms. The van der Waals surface area contributed by atoms with E-state index in [2.05, 4.69) is 44.4 Å². The van der Waals surface area contributed by atoms with E-state index >= 15 is 0 Å². The SMILES string of the molecule is CO[C@@H]1[C@H](OC(=O)NCC(=O)N2CCC[C@H]2C(=O)N[C@@H](CC(C)C)C(=O)N(C)CC(=O)O)CC[C@]2(CO2)[C@H]1[C@@]1(C)O[C@@]1(C)CC=C(C)C. The minimum absolute atomic E-state index is 0.0418. The molecule has 14 nitrogen and oxygen atoms in total. The van der Waals surface area contributed by atoms with Gasteiger partial charge in [-0.15, -0.1) is 0 Å². The molecule has 3 heterocycles. The molecule has 0 bridgehead atoms. The fraction of sp³-hybridized carbons (Fsp3) is 0.794. The van der Waals surface area contributed by atoms with Crippen molar-refractivity contribution in [1.82, 2.24) is 20.4 Å². The first kappa shape index (κ1) is 37.6. The average Bonchev–Trinajstić information content (AvgIpc) is 3.80. The summed E-state index contributed by atoms with van der Waals surface area (Å²) in [7, 11) is 2.97. The van der Waals surface area contributed by atoms with Crippen LogP contribution in [0.2, 0.25) is 0 Å². The van der Waals surface area contributed by atoms with Crippen LogP contribution in [0.5, 0.6) is 0 Å². The maximum Gasteiger partial charge on any atom is 0.407 e. The van der Waals surface area contributed by atoms with Crippen molar-refractivity contribution in [2.45, 2.75) is 121 Å². The van der Waals surface area contributed by atoms with Gasteiger partial charge in [-0.05, 0) is 72.1 Å². The number of amides is 4. The van der Waals surface area contributed by atoms with Gasteiger partial charge in [-0.1, -0.05) is 25.5 Å². The highest BCUT2D eigenvalue weighted by Crippen LogP contribution is 2.64. The monoisotopic (exact) mass is 678 g/mol. The Morgan fingerprint density at radius 3 is 2.42 bits per heavy atom. The lowest BCUT2D eigenvalue weighted by molar-refractivity contribution is -0.145. The summed E-state index contributed by atoms with van der Waals surface area (Å²) >= 11 is 0. The first-order valence-electron chi connectivity index (χ1n) is 17.0. The third-order valence-electron chi connectivity index (χ3n) is 10.4. The number of nitrogens with zero attached hydrogens (tertiary/aromatic N) is 2. The van der Waals surface area contributed by atoms with E-state index in [1.165, 1.54) is 17.5 Å². The summed E-state index contributed by atoms with van der Waals surface area (Å²) in [4.78, 5) is 66.1. The van der Waals surface area contributed by atoms with Crippen LogP contribution in [-0.2, 0) is 38.1 Å². The molecule has 4 rings (SSSR count). The number of carboxylic acid groups (broad SMARTS) is 1. The molecule has 0 aromatic rings. The molecule has 8 atom stereocenters. The largest absolute Gasteiger partial charge is 0.480 e. The van der Waals surface area contributed by atoms with Gasteiger partial charge in [0.05, 0.1) is 18.1 Å². The Labute approximate surface area is 283 Å². The number of alkyl carbamates (subject to hydrolysis) is 1. The van der Waals surface area contributed by atoms with Crippen LogP contribution in [0.4, 0.5) is 4.79 Å². The standard InChI is InChI=1S/C34H54N4O10/c1-20(2)11-13-32(5)33(6,48-32)28-27(45-8)24(12-14-34(28)19-46-34)47-31(44)35-17-25(39)38-15-9-10-23(38)29(42)36-22(16-21(3)4)30(43)37(7)18-26(40)41/h11,21-24,27-28H,9-10,12-19H2,1-8H3,(H,35,44)(H,36,42)(H,40,41)/t22-,23-,24+,27+,28+,32-,33+,34-/m0/s1. The summed E-state index contributed by atoms with van der Waals surface area (Å²) in [5.41, 5.74) is -0.130. The van der Waals surface area contributed by atoms with Gasteiger partial charge in [-0.2, -0.15) is 0 Å². The number of hydrogen-bond acceptors (Lipinski definition) is 9. The highest BCUT2D eigenvalue weighted by molar-refractivity contribution is 5.93. The number of hydrogen-bond donors (Lipinski definition) is 3. The number of ether oxygens (including phenoxy) is 4. The molecule has 4 amide bonds. The molecule has 0 radical (unpaired) electrons. The Morgan fingerprint density at radius 1 is 1.15 bits per heavy atom. The van der Waals surface area contributed by atoms with Crippen molar-refractivity contribution in [3.63, 3.8) is 0 Å². The fourth-order valence-corrected chi connectivity index (χ4v) is 7.62. The molecule has 0 aromatic heterocycles. The van der Waals surface area contributed by atoms with E-state index in [0.717, 1.165) is 11.3 Å². The maximum atomic E-state index is 13.3. The number of likely N-dealkylation sites (N-methyl/N-ethyl adjacent to an activating group) is 1. The average molecular weight is 679 g/mol. The van der Waals surface area contributed by atoms with Gasteiger partial charge in [0.15, 0.2) is 0 Å². The van der Waals surface area contributed by atoms with E-state index in [9.17, 15) is 24.0 Å². The number of carboxylic acids is 1. The molecule has 3 aliphatic heterocycles. The molecule has 0 unspecified atom stereocenters. The quantitative estimate of drug-likeness (QED) is 0.182. The Morgan fingerprint density at radius 2 is 1.83 bits per heavy atom. The van der Waals surface area contributed by atoms with Crippen LogP contribution in [0.1, 0.15) is 80.1 Å². The normalized spacial score (nSPS) is 32.7. The van der Waals surface area contributed by atoms with Crippen molar-refractivity contribution in [2.24, 2.45) is 11.8 Å². The second-order valence-electron chi connectivity index (χ2n) is 14.8. The van der Waals surface area contributed by atoms with Crippen LogP contribution >= 0.6 is 0 Å². The van der Waals surface area contributed by atoms with Gasteiger partial charge in [0.1, 0.15) is 48.6 Å². The molecule has 3 N–H and O–H groups in total. The lowest BCUT2D eigenvalue weighted by atomic mass is 9.66. The van der Waals surface area contributed by atoms with Crippen LogP contribution in [0.15, 0.2) is 11.6 Å². The predicted octanol–water partition coefficient (Wildman–Crippen LogP) is 2.24. The third kappa shape index (κ3) is 8.14. The van der Waals surface area contributed by atoms with Crippen LogP contribution < -0.4 is 10.6 Å². The lowest BCUT2D eigenvalue weighted by Gasteiger charge is -2.43. The predicted molar refractivity (Wildman–Crippen MR) is 174 cm³/mol. The fourth-order valence-electron chi connectivity index (χ4n) is 7.62. The summed E-state index contributed by atoms with van der Waals surface area (Å²) in [6, 6.07) is -1.76. The van der Waals surface area contributed by atoms with Gasteiger partial charge >= 0.3 is 12.1 Å². The molecule has 1 aliphatic carbocycles. The van der Waals surface area contributed by atoms with E-state index in [0.29, 0.717) is 45.3 Å². The Bertz CT molecular complexity index is 1280. The maximum absolute atomic E-state index is 13.3. The van der Waals surface area contributed by atoms with Gasteiger partial charge in [0, 0.05) is 20.7 Å². The van der Waals surface area contributed by atoms with Gasteiger partial charge < -0.3 is 44.5 Å². The highest BCUT2D eigenvalue weighted by atomic mass is 16.6. The molecule has 48 heavy (non-hydrogen) atoms. The Balaban J connectivity index is 1.34. The molecule has 0 aromatic carbocycles. The van der Waals surface area contributed by atoms with Gasteiger partial charge in [-0.3, -0.25) is 19.2 Å². The zero-order valence-corrected chi connectivity index (χ0v) is 29.6. The lowest BCUT2D eigenvalue weighted by Crippen LogP contribution is -2.57. The van der Waals surface area contributed by atoms with E-state index < -0.39 is 71.8 Å². The van der Waals surface area contributed by atoms with Crippen LogP contribution in [0, 0.1) is 11.8 Å². The van der Waals surface area contributed by atoms with Gasteiger partial charge in [0.2, 0.25) is 17.7 Å². The number of methoxy groups -OCH3 is 1. The first-order valence-corrected chi connectivity index (χ1v) is 17.0. The molecular weight excluding hydrogens is 624 g/mol. The van der Waals surface area contributed by atoms with E-state index in [1.54, 1.807) is 7.11 Å². The van der Waals surface area contributed by atoms with Crippen molar-refractivity contribution in [1.29, 1.82) is 0 Å². The molecule has 4 fully saturated rings. The summed E-state index contributed by atoms with van der Waals surface area (Å²) in [5, 5.41) is 14.4. The zero-order valence-electron chi connectivity index (χ0n) is 29.6. The highest BCUT2D eigenvalue weighted by Gasteiger charge is 2.76. The number of likely N-dealkylation sites (tertiary alicyclic amines) is 1. The molecule has 1 spiro atoms. The number of epoxide rings is 2. The topological polar surface area (TPSA) is 180 Å². The Kier molecular flexibility index (Phi) is 11.5. The molecule has 270 valence electrons. The van der Waals surface area contributed by atoms with Crippen molar-refractivity contribution >= 4 is 29.8 Å². The summed E-state index contributed by atoms with van der Waals surface area (Å²) < 4.78 is 24.2. The van der Waals surface area contributed by atoms with Gasteiger partial charge in [-0.25, -0.2) is 4.79 Å². The summed E-state index contributed by atoms with van der Waals surface area (Å²) in [6.07, 6.45) is 3.57. The zero-order chi connectivity index (χ0) is 35.6. The van der Waals surface area contributed by atoms with E-state index in [-0.39, 0.29) is 24.0 Å². The van der Waals surface area contributed by atoms with E-state index in [1.807, 2.05) is 13.8 Å². The minimum atomic E-state index is -1.16. The van der Waals surface area contributed by atoms with Crippen molar-refractivity contribution in [2.75, 3.05) is 40.4 Å². The van der Waals surface area contributed by atoms with Crippen LogP contribution in [0.25, 0.3) is 0 Å². The Hall–Kier alpha value is -3.23. The smallest absolute Gasteiger partial charge is 0.407 e. The molecular formula is C34H54N4O10. The first-order chi connectivity index (χ1) is 22.5. The second-order valence-corrected chi connectivity index (χ2v) is 14.8. The van der Waals surface area contributed by atoms with Crippen molar-refractivity contribution < 1.29 is 48.0 Å². The van der Waals surface area contributed by atoms with Crippen molar-refractivity contribution in [3.8, 4) is 0 Å². The summed E-state index contributed by atoms with van der Waals surface area (Å²) in [6.45, 7) is 12.1. The van der Waals surface area contributed by atoms with E-state index in [4.69, 9.17) is 24.1 Å². The summed E-state index contributed by atoms with van der Waals surface area (Å²) in [5.74, 6) is -2.75. The second kappa shape index (κ2) is 14.7.